The summed E-state index contributed by atoms with van der Waals surface area (Å²) >= 11 is 0. The van der Waals surface area contributed by atoms with Gasteiger partial charge in [0.15, 0.2) is 0 Å². The monoisotopic (exact) mass is 256 g/mol. The lowest BCUT2D eigenvalue weighted by molar-refractivity contribution is 0.00578. The van der Waals surface area contributed by atoms with E-state index in [9.17, 15) is 0 Å². The second-order valence-electron chi connectivity index (χ2n) is 5.10. The predicted molar refractivity (Wildman–Crippen MR) is 71.6 cm³/mol. The smallest absolute Gasteiger partial charge is 0.399 e. The summed E-state index contributed by atoms with van der Waals surface area (Å²) in [6, 6.07) is 3.64. The van der Waals surface area contributed by atoms with Gasteiger partial charge >= 0.3 is 7.12 Å². The number of aromatic nitrogens is 1. The Morgan fingerprint density at radius 2 is 1.71 bits per heavy atom. The summed E-state index contributed by atoms with van der Waals surface area (Å²) < 4.78 is 11.8. The van der Waals surface area contributed by atoms with Crippen LogP contribution in [-0.2, 0) is 9.31 Å². The van der Waals surface area contributed by atoms with Crippen molar-refractivity contribution in [1.82, 2.24) is 4.98 Å². The molecule has 2 rings (SSSR count). The molecule has 0 saturated carbocycles. The van der Waals surface area contributed by atoms with Crippen molar-refractivity contribution in [2.24, 2.45) is 0 Å². The first-order valence-electron chi connectivity index (χ1n) is 5.39. The molecule has 1 saturated heterocycles. The van der Waals surface area contributed by atoms with Gasteiger partial charge < -0.3 is 15.0 Å². The van der Waals surface area contributed by atoms with Gasteiger partial charge in [0.05, 0.1) is 11.2 Å². The van der Waals surface area contributed by atoms with Gasteiger partial charge in [-0.2, -0.15) is 0 Å². The maximum atomic E-state index is 5.90. The molecule has 1 aliphatic heterocycles. The number of halogens is 1. The minimum atomic E-state index is -0.365. The fourth-order valence-electron chi connectivity index (χ4n) is 1.59. The number of rotatable bonds is 1. The van der Waals surface area contributed by atoms with Crippen LogP contribution >= 0.6 is 12.4 Å². The minimum absolute atomic E-state index is 0. The number of nitrogen functional groups attached to an aromatic ring is 1. The van der Waals surface area contributed by atoms with Gasteiger partial charge in [-0.15, -0.1) is 12.4 Å². The first-order chi connectivity index (χ1) is 7.32. The summed E-state index contributed by atoms with van der Waals surface area (Å²) in [5, 5.41) is 0. The average Bonchev–Trinajstić information content (AvgIpc) is 2.36. The lowest BCUT2D eigenvalue weighted by Gasteiger charge is -2.32. The predicted octanol–water partition coefficient (Wildman–Crippen LogP) is 1.38. The molecule has 0 aliphatic carbocycles. The molecule has 0 radical (unpaired) electrons. The molecule has 0 unspecified atom stereocenters. The van der Waals surface area contributed by atoms with Crippen molar-refractivity contribution >= 4 is 30.8 Å². The minimum Gasteiger partial charge on any atom is -0.399 e. The number of anilines is 1. The quantitative estimate of drug-likeness (QED) is 0.772. The van der Waals surface area contributed by atoms with E-state index in [2.05, 4.69) is 4.98 Å². The molecule has 0 aromatic carbocycles. The molecular weight excluding hydrogens is 238 g/mol. The van der Waals surface area contributed by atoms with Crippen LogP contribution in [-0.4, -0.2) is 23.3 Å². The van der Waals surface area contributed by atoms with Gasteiger partial charge in [-0.1, -0.05) is 0 Å². The second kappa shape index (κ2) is 4.48. The molecule has 1 aromatic rings. The van der Waals surface area contributed by atoms with Crippen LogP contribution in [0.1, 0.15) is 27.7 Å². The van der Waals surface area contributed by atoms with E-state index in [4.69, 9.17) is 15.0 Å². The Labute approximate surface area is 108 Å². The molecule has 1 fully saturated rings. The van der Waals surface area contributed by atoms with Crippen LogP contribution in [0.2, 0.25) is 0 Å². The van der Waals surface area contributed by atoms with Crippen molar-refractivity contribution in [1.29, 1.82) is 0 Å². The van der Waals surface area contributed by atoms with Crippen LogP contribution in [0, 0.1) is 0 Å². The van der Waals surface area contributed by atoms with Crippen molar-refractivity contribution in [3.63, 3.8) is 0 Å². The Hall–Kier alpha value is -0.775. The highest BCUT2D eigenvalue weighted by atomic mass is 35.5. The Balaban J connectivity index is 0.00000144. The van der Waals surface area contributed by atoms with Crippen molar-refractivity contribution in [3.8, 4) is 0 Å². The van der Waals surface area contributed by atoms with E-state index < -0.39 is 0 Å². The summed E-state index contributed by atoms with van der Waals surface area (Å²) in [4.78, 5) is 3.95. The van der Waals surface area contributed by atoms with Crippen molar-refractivity contribution < 1.29 is 9.31 Å². The van der Waals surface area contributed by atoms with E-state index in [0.717, 1.165) is 5.46 Å². The standard InChI is InChI=1S/C11H17BN2O2.ClH/c1-10(2)11(3,4)16-12(15-10)8-5-6-14-9(13)7-8;/h5-7H,1-4H3,(H2,13,14);1H. The van der Waals surface area contributed by atoms with E-state index in [1.54, 1.807) is 12.3 Å². The lowest BCUT2D eigenvalue weighted by Crippen LogP contribution is -2.41. The van der Waals surface area contributed by atoms with Gasteiger partial charge in [-0.3, -0.25) is 0 Å². The molecule has 2 N–H and O–H groups in total. The van der Waals surface area contributed by atoms with Gasteiger partial charge in [0.1, 0.15) is 5.82 Å². The van der Waals surface area contributed by atoms with Crippen molar-refractivity contribution in [2.75, 3.05) is 5.73 Å². The molecule has 0 atom stereocenters. The van der Waals surface area contributed by atoms with Crippen molar-refractivity contribution in [2.45, 2.75) is 38.9 Å². The van der Waals surface area contributed by atoms with E-state index in [-0.39, 0.29) is 30.7 Å². The van der Waals surface area contributed by atoms with Crippen molar-refractivity contribution in [3.05, 3.63) is 18.3 Å². The fourth-order valence-corrected chi connectivity index (χ4v) is 1.59. The topological polar surface area (TPSA) is 57.4 Å². The number of nitrogens with zero attached hydrogens (tertiary/aromatic N) is 1. The lowest BCUT2D eigenvalue weighted by atomic mass is 9.80. The summed E-state index contributed by atoms with van der Waals surface area (Å²) in [5.74, 6) is 0.479. The Kier molecular flexibility index (Phi) is 3.76. The van der Waals surface area contributed by atoms with Crippen LogP contribution in [0.3, 0.4) is 0 Å². The maximum absolute atomic E-state index is 5.90. The number of hydrogen-bond donors (Lipinski definition) is 1. The summed E-state index contributed by atoms with van der Waals surface area (Å²) in [6.07, 6.45) is 1.66. The van der Waals surface area contributed by atoms with Gasteiger partial charge in [-0.05, 0) is 45.3 Å². The first kappa shape index (κ1) is 14.3. The summed E-state index contributed by atoms with van der Waals surface area (Å²) in [5.41, 5.74) is 5.90. The summed E-state index contributed by atoms with van der Waals surface area (Å²) in [6.45, 7) is 8.10. The van der Waals surface area contributed by atoms with Crippen LogP contribution in [0.4, 0.5) is 5.82 Å². The van der Waals surface area contributed by atoms with Gasteiger partial charge in [0.25, 0.3) is 0 Å². The molecular formula is C11H18BClN2O2. The van der Waals surface area contributed by atoms with Crippen LogP contribution < -0.4 is 11.2 Å². The normalized spacial score (nSPS) is 21.1. The van der Waals surface area contributed by atoms with E-state index in [1.165, 1.54) is 0 Å². The molecule has 0 bridgehead atoms. The molecule has 2 heterocycles. The number of pyridine rings is 1. The van der Waals surface area contributed by atoms with Crippen LogP contribution in [0.5, 0.6) is 0 Å². The maximum Gasteiger partial charge on any atom is 0.495 e. The molecule has 4 nitrogen and oxygen atoms in total. The third-order valence-electron chi connectivity index (χ3n) is 3.33. The number of nitrogens with two attached hydrogens (primary N) is 1. The average molecular weight is 257 g/mol. The summed E-state index contributed by atoms with van der Waals surface area (Å²) in [7, 11) is -0.365. The highest BCUT2D eigenvalue weighted by molar-refractivity contribution is 6.62. The highest BCUT2D eigenvalue weighted by Gasteiger charge is 2.51. The molecule has 0 amide bonds. The third kappa shape index (κ3) is 2.56. The van der Waals surface area contributed by atoms with E-state index >= 15 is 0 Å². The highest BCUT2D eigenvalue weighted by Crippen LogP contribution is 2.36. The van der Waals surface area contributed by atoms with Gasteiger partial charge in [-0.25, -0.2) is 4.98 Å². The zero-order valence-corrected chi connectivity index (χ0v) is 11.4. The van der Waals surface area contributed by atoms with Crippen LogP contribution in [0.15, 0.2) is 18.3 Å². The largest absolute Gasteiger partial charge is 0.495 e. The van der Waals surface area contributed by atoms with Crippen LogP contribution in [0.25, 0.3) is 0 Å². The van der Waals surface area contributed by atoms with E-state index in [1.807, 2.05) is 33.8 Å². The van der Waals surface area contributed by atoms with E-state index in [0.29, 0.717) is 5.82 Å². The molecule has 94 valence electrons. The van der Waals surface area contributed by atoms with Gasteiger partial charge in [0, 0.05) is 6.20 Å². The fraction of sp³-hybridized carbons (Fsp3) is 0.545. The molecule has 6 heteroatoms. The second-order valence-corrected chi connectivity index (χ2v) is 5.10. The zero-order valence-electron chi connectivity index (χ0n) is 10.6. The Bertz CT molecular complexity index is 396. The molecule has 0 spiro atoms. The number of hydrogen-bond acceptors (Lipinski definition) is 4. The zero-order chi connectivity index (χ0) is 12.0. The Morgan fingerprint density at radius 1 is 1.18 bits per heavy atom. The Morgan fingerprint density at radius 3 is 2.18 bits per heavy atom. The SMILES string of the molecule is CC1(C)OB(c2ccnc(N)c2)OC1(C)C.Cl. The molecule has 1 aromatic heterocycles. The third-order valence-corrected chi connectivity index (χ3v) is 3.33. The van der Waals surface area contributed by atoms with Gasteiger partial charge in [0.2, 0.25) is 0 Å². The first-order valence-corrected chi connectivity index (χ1v) is 5.39. The molecule has 17 heavy (non-hydrogen) atoms. The molecule has 1 aliphatic rings.